The Bertz CT molecular complexity index is 717. The monoisotopic (exact) mass is 268 g/mol. The van der Waals surface area contributed by atoms with Crippen molar-refractivity contribution in [2.24, 2.45) is 0 Å². The Kier molecular flexibility index (Phi) is 3.43. The molecule has 1 N–H and O–H groups in total. The minimum atomic E-state index is -0.636. The number of pyridine rings is 1. The number of rotatable bonds is 4. The number of fused-ring (bicyclic) bond motifs is 1. The van der Waals surface area contributed by atoms with E-state index in [1.54, 1.807) is 10.9 Å². The molecule has 3 aromatic rings. The van der Waals surface area contributed by atoms with Gasteiger partial charge in [0.15, 0.2) is 0 Å². The van der Waals surface area contributed by atoms with Gasteiger partial charge in [0.05, 0.1) is 11.6 Å². The maximum atomic E-state index is 10.5. The number of aliphatic hydroxyl groups is 1. The van der Waals surface area contributed by atoms with Crippen LogP contribution in [0.15, 0.2) is 42.9 Å². The largest absolute Gasteiger partial charge is 0.388 e. The van der Waals surface area contributed by atoms with Gasteiger partial charge in [0, 0.05) is 30.1 Å². The van der Waals surface area contributed by atoms with Crippen LogP contribution in [0.2, 0.25) is 0 Å². The minimum Gasteiger partial charge on any atom is -0.388 e. The second-order valence-electron chi connectivity index (χ2n) is 4.63. The molecule has 0 bridgehead atoms. The van der Waals surface area contributed by atoms with Crippen LogP contribution in [0, 0.1) is 0 Å². The third kappa shape index (κ3) is 2.28. The SMILES string of the molecule is CCn1ncnc1CC(O)c1cccc2cccnc12. The van der Waals surface area contributed by atoms with Crippen molar-refractivity contribution in [1.82, 2.24) is 19.7 Å². The molecule has 0 saturated heterocycles. The molecule has 0 aliphatic heterocycles. The first kappa shape index (κ1) is 12.7. The van der Waals surface area contributed by atoms with Gasteiger partial charge in [-0.3, -0.25) is 9.67 Å². The van der Waals surface area contributed by atoms with Crippen molar-refractivity contribution < 1.29 is 5.11 Å². The van der Waals surface area contributed by atoms with Crippen LogP contribution in [0.1, 0.15) is 24.4 Å². The highest BCUT2D eigenvalue weighted by molar-refractivity contribution is 5.81. The summed E-state index contributed by atoms with van der Waals surface area (Å²) in [7, 11) is 0. The van der Waals surface area contributed by atoms with E-state index in [-0.39, 0.29) is 0 Å². The standard InChI is InChI=1S/C15H16N4O/c1-2-19-14(17-10-18-19)9-13(20)12-7-3-5-11-6-4-8-16-15(11)12/h3-8,10,13,20H,2,9H2,1H3. The summed E-state index contributed by atoms with van der Waals surface area (Å²) in [5.41, 5.74) is 1.67. The van der Waals surface area contributed by atoms with Gasteiger partial charge in [0.25, 0.3) is 0 Å². The van der Waals surface area contributed by atoms with Crippen molar-refractivity contribution >= 4 is 10.9 Å². The molecule has 3 rings (SSSR count). The van der Waals surface area contributed by atoms with Gasteiger partial charge in [-0.2, -0.15) is 5.10 Å². The summed E-state index contributed by atoms with van der Waals surface area (Å²) >= 11 is 0. The summed E-state index contributed by atoms with van der Waals surface area (Å²) in [5, 5.41) is 15.6. The number of hydrogen-bond donors (Lipinski definition) is 1. The molecule has 2 aromatic heterocycles. The summed E-state index contributed by atoms with van der Waals surface area (Å²) in [5.74, 6) is 0.785. The van der Waals surface area contributed by atoms with E-state index >= 15 is 0 Å². The highest BCUT2D eigenvalue weighted by Gasteiger charge is 2.15. The molecule has 2 heterocycles. The smallest absolute Gasteiger partial charge is 0.138 e. The summed E-state index contributed by atoms with van der Waals surface area (Å²) in [4.78, 5) is 8.58. The van der Waals surface area contributed by atoms with E-state index in [0.717, 1.165) is 28.8 Å². The van der Waals surface area contributed by atoms with Gasteiger partial charge in [-0.25, -0.2) is 4.98 Å². The first-order valence-electron chi connectivity index (χ1n) is 6.68. The number of benzene rings is 1. The van der Waals surface area contributed by atoms with Crippen molar-refractivity contribution in [3.05, 3.63) is 54.2 Å². The fourth-order valence-corrected chi connectivity index (χ4v) is 2.39. The van der Waals surface area contributed by atoms with E-state index < -0.39 is 6.10 Å². The van der Waals surface area contributed by atoms with E-state index in [0.29, 0.717) is 6.42 Å². The molecule has 5 heteroatoms. The number of para-hydroxylation sites is 1. The van der Waals surface area contributed by atoms with Crippen LogP contribution in [0.25, 0.3) is 10.9 Å². The zero-order chi connectivity index (χ0) is 13.9. The molecule has 0 aliphatic rings. The fraction of sp³-hybridized carbons (Fsp3) is 0.267. The second kappa shape index (κ2) is 5.38. The van der Waals surface area contributed by atoms with Gasteiger partial charge in [-0.15, -0.1) is 0 Å². The molecule has 0 radical (unpaired) electrons. The number of aryl methyl sites for hydroxylation is 1. The van der Waals surface area contributed by atoms with Gasteiger partial charge >= 0.3 is 0 Å². The van der Waals surface area contributed by atoms with Gasteiger partial charge in [0.2, 0.25) is 0 Å². The Morgan fingerprint density at radius 3 is 2.90 bits per heavy atom. The number of hydrogen-bond acceptors (Lipinski definition) is 4. The highest BCUT2D eigenvalue weighted by Crippen LogP contribution is 2.24. The quantitative estimate of drug-likeness (QED) is 0.787. The lowest BCUT2D eigenvalue weighted by molar-refractivity contribution is 0.175. The highest BCUT2D eigenvalue weighted by atomic mass is 16.3. The first-order chi connectivity index (χ1) is 9.79. The second-order valence-corrected chi connectivity index (χ2v) is 4.63. The van der Waals surface area contributed by atoms with E-state index in [2.05, 4.69) is 15.1 Å². The zero-order valence-corrected chi connectivity index (χ0v) is 11.3. The molecule has 20 heavy (non-hydrogen) atoms. The maximum Gasteiger partial charge on any atom is 0.138 e. The molecular formula is C15H16N4O. The third-order valence-electron chi connectivity index (χ3n) is 3.39. The summed E-state index contributed by atoms with van der Waals surface area (Å²) < 4.78 is 1.79. The van der Waals surface area contributed by atoms with Crippen molar-refractivity contribution in [3.63, 3.8) is 0 Å². The predicted molar refractivity (Wildman–Crippen MR) is 76.1 cm³/mol. The van der Waals surface area contributed by atoms with E-state index in [1.165, 1.54) is 6.33 Å². The van der Waals surface area contributed by atoms with Gasteiger partial charge in [0.1, 0.15) is 12.2 Å². The normalized spacial score (nSPS) is 12.7. The Labute approximate surface area is 116 Å². The average Bonchev–Trinajstić information content (AvgIpc) is 2.93. The molecule has 0 spiro atoms. The maximum absolute atomic E-state index is 10.5. The minimum absolute atomic E-state index is 0.434. The molecule has 1 unspecified atom stereocenters. The van der Waals surface area contributed by atoms with Crippen LogP contribution in [0.4, 0.5) is 0 Å². The van der Waals surface area contributed by atoms with Gasteiger partial charge < -0.3 is 5.11 Å². The molecule has 1 atom stereocenters. The van der Waals surface area contributed by atoms with E-state index in [4.69, 9.17) is 0 Å². The van der Waals surface area contributed by atoms with Gasteiger partial charge in [-0.05, 0) is 13.0 Å². The number of nitrogens with zero attached hydrogens (tertiary/aromatic N) is 4. The van der Waals surface area contributed by atoms with Crippen LogP contribution in [0.3, 0.4) is 0 Å². The molecule has 0 aliphatic carbocycles. The number of aromatic nitrogens is 4. The van der Waals surface area contributed by atoms with Crippen molar-refractivity contribution in [2.75, 3.05) is 0 Å². The Balaban J connectivity index is 1.95. The average molecular weight is 268 g/mol. The summed E-state index contributed by atoms with van der Waals surface area (Å²) in [6, 6.07) is 9.73. The molecule has 1 aromatic carbocycles. The topological polar surface area (TPSA) is 63.8 Å². The lowest BCUT2D eigenvalue weighted by atomic mass is 10.0. The van der Waals surface area contributed by atoms with E-state index in [9.17, 15) is 5.11 Å². The third-order valence-corrected chi connectivity index (χ3v) is 3.39. The van der Waals surface area contributed by atoms with Crippen molar-refractivity contribution in [1.29, 1.82) is 0 Å². The fourth-order valence-electron chi connectivity index (χ4n) is 2.39. The lowest BCUT2D eigenvalue weighted by Gasteiger charge is -2.13. The van der Waals surface area contributed by atoms with Crippen LogP contribution in [-0.2, 0) is 13.0 Å². The zero-order valence-electron chi connectivity index (χ0n) is 11.3. The van der Waals surface area contributed by atoms with Crippen molar-refractivity contribution in [2.45, 2.75) is 26.0 Å². The molecule has 0 amide bonds. The van der Waals surface area contributed by atoms with Gasteiger partial charge in [-0.1, -0.05) is 24.3 Å². The van der Waals surface area contributed by atoms with Crippen LogP contribution in [-0.4, -0.2) is 24.9 Å². The van der Waals surface area contributed by atoms with Crippen LogP contribution < -0.4 is 0 Å². The molecule has 102 valence electrons. The lowest BCUT2D eigenvalue weighted by Crippen LogP contribution is -2.10. The number of aliphatic hydroxyl groups excluding tert-OH is 1. The van der Waals surface area contributed by atoms with Crippen molar-refractivity contribution in [3.8, 4) is 0 Å². The van der Waals surface area contributed by atoms with Crippen LogP contribution >= 0.6 is 0 Å². The summed E-state index contributed by atoms with van der Waals surface area (Å²) in [6.07, 6.45) is 3.06. The molecule has 0 fully saturated rings. The summed E-state index contributed by atoms with van der Waals surface area (Å²) in [6.45, 7) is 2.75. The Morgan fingerprint density at radius 1 is 1.20 bits per heavy atom. The Morgan fingerprint density at radius 2 is 2.05 bits per heavy atom. The van der Waals surface area contributed by atoms with Crippen LogP contribution in [0.5, 0.6) is 0 Å². The van der Waals surface area contributed by atoms with E-state index in [1.807, 2.05) is 37.3 Å². The molecule has 5 nitrogen and oxygen atoms in total. The molecule has 0 saturated carbocycles. The first-order valence-corrected chi connectivity index (χ1v) is 6.68. The predicted octanol–water partition coefficient (Wildman–Crippen LogP) is 2.12. The molecular weight excluding hydrogens is 252 g/mol. The Hall–Kier alpha value is -2.27.